The van der Waals surface area contributed by atoms with Gasteiger partial charge in [-0.3, -0.25) is 15.1 Å². The highest BCUT2D eigenvalue weighted by Gasteiger charge is 2.23. The fourth-order valence-electron chi connectivity index (χ4n) is 2.75. The van der Waals surface area contributed by atoms with Crippen molar-refractivity contribution in [2.75, 3.05) is 26.7 Å². The molecule has 0 aromatic carbocycles. The van der Waals surface area contributed by atoms with Gasteiger partial charge in [0.15, 0.2) is 0 Å². The Bertz CT molecular complexity index is 446. The summed E-state index contributed by atoms with van der Waals surface area (Å²) in [6.45, 7) is 6.22. The van der Waals surface area contributed by atoms with E-state index in [2.05, 4.69) is 29.2 Å². The van der Waals surface area contributed by atoms with E-state index in [9.17, 15) is 4.79 Å². The number of hydrazine groups is 1. The zero-order valence-corrected chi connectivity index (χ0v) is 12.3. The maximum absolute atomic E-state index is 11.4. The van der Waals surface area contributed by atoms with E-state index >= 15 is 0 Å². The van der Waals surface area contributed by atoms with E-state index in [-0.39, 0.29) is 5.91 Å². The average Bonchev–Trinajstić information content (AvgIpc) is 2.83. The summed E-state index contributed by atoms with van der Waals surface area (Å²) in [5.74, 6) is 5.61. The Balaban J connectivity index is 2.03. The molecule has 1 fully saturated rings. The summed E-state index contributed by atoms with van der Waals surface area (Å²) in [7, 11) is 2.17. The minimum Gasteiger partial charge on any atom is -0.467 e. The second kappa shape index (κ2) is 6.88. The first-order valence-electron chi connectivity index (χ1n) is 7.15. The summed E-state index contributed by atoms with van der Waals surface area (Å²) in [5, 5.41) is 0. The number of furan rings is 1. The molecule has 0 spiro atoms. The minimum atomic E-state index is -0.317. The van der Waals surface area contributed by atoms with Crippen molar-refractivity contribution in [3.05, 3.63) is 23.7 Å². The molecule has 1 amide bonds. The molecule has 6 nitrogen and oxygen atoms in total. The third-order valence-electron chi connectivity index (χ3n) is 3.90. The van der Waals surface area contributed by atoms with Crippen molar-refractivity contribution in [2.24, 2.45) is 5.84 Å². The Kier molecular flexibility index (Phi) is 5.17. The lowest BCUT2D eigenvalue weighted by Gasteiger charge is -2.29. The molecule has 0 saturated carbocycles. The lowest BCUT2D eigenvalue weighted by atomic mass is 10.1. The van der Waals surface area contributed by atoms with E-state index in [1.807, 2.05) is 0 Å². The van der Waals surface area contributed by atoms with Crippen LogP contribution in [-0.2, 0) is 6.54 Å². The molecule has 0 bridgehead atoms. The summed E-state index contributed by atoms with van der Waals surface area (Å²) >= 11 is 0. The maximum atomic E-state index is 11.4. The first-order chi connectivity index (χ1) is 9.63. The zero-order chi connectivity index (χ0) is 14.5. The van der Waals surface area contributed by atoms with Crippen molar-refractivity contribution in [1.82, 2.24) is 15.2 Å². The van der Waals surface area contributed by atoms with Crippen LogP contribution in [0.2, 0.25) is 0 Å². The van der Waals surface area contributed by atoms with Crippen LogP contribution in [0.1, 0.15) is 35.9 Å². The maximum Gasteiger partial charge on any atom is 0.268 e. The topological polar surface area (TPSA) is 74.7 Å². The number of likely N-dealkylation sites (N-methyl/N-ethyl adjacent to an activating group) is 1. The van der Waals surface area contributed by atoms with Gasteiger partial charge in [-0.2, -0.15) is 0 Å². The number of nitrogens with two attached hydrogens (primary N) is 1. The van der Waals surface area contributed by atoms with Gasteiger partial charge >= 0.3 is 0 Å². The monoisotopic (exact) mass is 280 g/mol. The summed E-state index contributed by atoms with van der Waals surface area (Å²) in [6, 6.07) is 2.29. The van der Waals surface area contributed by atoms with E-state index in [1.54, 1.807) is 6.07 Å². The minimum absolute atomic E-state index is 0.317. The average molecular weight is 280 g/mol. The van der Waals surface area contributed by atoms with Crippen LogP contribution in [0.25, 0.3) is 0 Å². The number of hydrogen-bond donors (Lipinski definition) is 2. The highest BCUT2D eigenvalue weighted by molar-refractivity contribution is 5.93. The van der Waals surface area contributed by atoms with Crippen LogP contribution in [-0.4, -0.2) is 48.4 Å². The van der Waals surface area contributed by atoms with Gasteiger partial charge in [-0.15, -0.1) is 0 Å². The smallest absolute Gasteiger partial charge is 0.268 e. The number of nitrogens with one attached hydrogen (secondary N) is 1. The molecule has 1 aliphatic rings. The summed E-state index contributed by atoms with van der Waals surface area (Å²) in [4.78, 5) is 16.2. The van der Waals surface area contributed by atoms with Crippen LogP contribution in [0, 0.1) is 0 Å². The van der Waals surface area contributed by atoms with Crippen LogP contribution in [0.4, 0.5) is 0 Å². The Morgan fingerprint density at radius 1 is 1.55 bits per heavy atom. The van der Waals surface area contributed by atoms with Gasteiger partial charge in [0.2, 0.25) is 0 Å². The molecule has 1 aromatic rings. The molecule has 3 N–H and O–H groups in total. The van der Waals surface area contributed by atoms with Gasteiger partial charge in [-0.1, -0.05) is 6.92 Å². The van der Waals surface area contributed by atoms with E-state index in [0.29, 0.717) is 11.6 Å². The van der Waals surface area contributed by atoms with Crippen LogP contribution in [0.15, 0.2) is 16.7 Å². The molecule has 0 radical (unpaired) electrons. The lowest BCUT2D eigenvalue weighted by Crippen LogP contribution is -2.39. The molecule has 1 atom stereocenters. The Morgan fingerprint density at radius 3 is 3.05 bits per heavy atom. The number of carbonyl (C=O) groups is 1. The van der Waals surface area contributed by atoms with Gasteiger partial charge in [0.05, 0.1) is 12.1 Å². The molecule has 1 saturated heterocycles. The van der Waals surface area contributed by atoms with Gasteiger partial charge in [0, 0.05) is 19.1 Å². The highest BCUT2D eigenvalue weighted by Crippen LogP contribution is 2.17. The van der Waals surface area contributed by atoms with Crippen molar-refractivity contribution >= 4 is 5.91 Å². The highest BCUT2D eigenvalue weighted by atomic mass is 16.3. The molecule has 2 heterocycles. The normalized spacial score (nSPS) is 21.6. The van der Waals surface area contributed by atoms with Crippen molar-refractivity contribution < 1.29 is 9.21 Å². The van der Waals surface area contributed by atoms with Gasteiger partial charge in [0.25, 0.3) is 5.91 Å². The quantitative estimate of drug-likeness (QED) is 0.485. The third kappa shape index (κ3) is 3.59. The summed E-state index contributed by atoms with van der Waals surface area (Å²) < 4.78 is 5.48. The Morgan fingerprint density at radius 2 is 2.35 bits per heavy atom. The number of amides is 1. The Hall–Kier alpha value is -1.37. The van der Waals surface area contributed by atoms with Crippen LogP contribution < -0.4 is 11.3 Å². The van der Waals surface area contributed by atoms with Crippen molar-refractivity contribution in [3.63, 3.8) is 0 Å². The fraction of sp³-hybridized carbons (Fsp3) is 0.643. The standard InChI is InChI=1S/C14H24N4O2/c1-3-12-8-17(2)5-4-6-18(12)9-13-7-11(10-20-13)14(19)16-15/h7,10,12H,3-6,8-9,15H2,1-2H3,(H,16,19). The molecular weight excluding hydrogens is 256 g/mol. The van der Waals surface area contributed by atoms with Gasteiger partial charge < -0.3 is 9.32 Å². The van der Waals surface area contributed by atoms with Crippen LogP contribution in [0.5, 0.6) is 0 Å². The first-order valence-corrected chi connectivity index (χ1v) is 7.15. The van der Waals surface area contributed by atoms with Gasteiger partial charge in [-0.05, 0) is 32.5 Å². The molecule has 0 aliphatic carbocycles. The predicted octanol–water partition coefficient (Wildman–Crippen LogP) is 0.799. The molecule has 1 aromatic heterocycles. The number of nitrogens with zero attached hydrogens (tertiary/aromatic N) is 2. The number of hydrogen-bond acceptors (Lipinski definition) is 5. The number of carbonyl (C=O) groups excluding carboxylic acids is 1. The SMILES string of the molecule is CCC1CN(C)CCCN1Cc1cc(C(=O)NN)co1. The van der Waals surface area contributed by atoms with Crippen LogP contribution >= 0.6 is 0 Å². The first kappa shape index (κ1) is 15.0. The van der Waals surface area contributed by atoms with Crippen LogP contribution in [0.3, 0.4) is 0 Å². The molecule has 112 valence electrons. The van der Waals surface area contributed by atoms with Gasteiger partial charge in [-0.25, -0.2) is 5.84 Å². The van der Waals surface area contributed by atoms with E-state index in [1.165, 1.54) is 6.26 Å². The third-order valence-corrected chi connectivity index (χ3v) is 3.90. The number of nitrogen functional groups attached to an aromatic ring is 1. The predicted molar refractivity (Wildman–Crippen MR) is 77.0 cm³/mol. The van der Waals surface area contributed by atoms with Crippen molar-refractivity contribution in [3.8, 4) is 0 Å². The largest absolute Gasteiger partial charge is 0.467 e. The number of rotatable bonds is 4. The fourth-order valence-corrected chi connectivity index (χ4v) is 2.75. The molecule has 6 heteroatoms. The van der Waals surface area contributed by atoms with E-state index < -0.39 is 0 Å². The summed E-state index contributed by atoms with van der Waals surface area (Å²) in [6.07, 6.45) is 3.73. The lowest BCUT2D eigenvalue weighted by molar-refractivity contribution is 0.0953. The Labute approximate surface area is 119 Å². The van der Waals surface area contributed by atoms with E-state index in [0.717, 1.165) is 44.8 Å². The van der Waals surface area contributed by atoms with Gasteiger partial charge in [0.1, 0.15) is 12.0 Å². The molecule has 1 unspecified atom stereocenters. The van der Waals surface area contributed by atoms with Crippen molar-refractivity contribution in [2.45, 2.75) is 32.4 Å². The molecule has 2 rings (SSSR count). The van der Waals surface area contributed by atoms with E-state index in [4.69, 9.17) is 10.3 Å². The second-order valence-electron chi connectivity index (χ2n) is 5.42. The van der Waals surface area contributed by atoms with Crippen molar-refractivity contribution in [1.29, 1.82) is 0 Å². The second-order valence-corrected chi connectivity index (χ2v) is 5.42. The summed E-state index contributed by atoms with van der Waals surface area (Å²) in [5.41, 5.74) is 2.59. The molecular formula is C14H24N4O2. The zero-order valence-electron chi connectivity index (χ0n) is 12.3. The molecule has 1 aliphatic heterocycles. The molecule has 20 heavy (non-hydrogen) atoms.